The summed E-state index contributed by atoms with van der Waals surface area (Å²) in [6.07, 6.45) is 0.899. The second-order valence-corrected chi connectivity index (χ2v) is 8.07. The van der Waals surface area contributed by atoms with Crippen LogP contribution in [0.2, 0.25) is 5.02 Å². The number of hydrogen-bond donors (Lipinski definition) is 1. The zero-order chi connectivity index (χ0) is 21.0. The summed E-state index contributed by atoms with van der Waals surface area (Å²) in [7, 11) is 0. The fourth-order valence-corrected chi connectivity index (χ4v) is 4.05. The molecule has 0 saturated carbocycles. The van der Waals surface area contributed by atoms with Crippen LogP contribution in [0.4, 0.5) is 5.69 Å². The van der Waals surface area contributed by atoms with Crippen LogP contribution in [0.3, 0.4) is 0 Å². The molecule has 0 saturated heterocycles. The minimum absolute atomic E-state index is 0.0943. The van der Waals surface area contributed by atoms with Gasteiger partial charge in [0.15, 0.2) is 0 Å². The van der Waals surface area contributed by atoms with Crippen LogP contribution >= 0.6 is 23.4 Å². The van der Waals surface area contributed by atoms with Crippen LogP contribution < -0.4 is 9.64 Å². The third-order valence-electron chi connectivity index (χ3n) is 4.41. The molecule has 0 unspecified atom stereocenters. The smallest absolute Gasteiger partial charge is 0.272 e. The lowest BCUT2D eigenvalue weighted by molar-refractivity contribution is -0.119. The number of thioether (sulfide) groups is 1. The van der Waals surface area contributed by atoms with Crippen LogP contribution in [0.15, 0.2) is 47.4 Å². The van der Waals surface area contributed by atoms with Gasteiger partial charge in [0.05, 0.1) is 29.4 Å². The molecule has 2 aromatic carbocycles. The van der Waals surface area contributed by atoms with Crippen molar-refractivity contribution < 1.29 is 19.4 Å². The van der Waals surface area contributed by atoms with Crippen molar-refractivity contribution in [1.29, 1.82) is 0 Å². The molecule has 0 aromatic heterocycles. The summed E-state index contributed by atoms with van der Waals surface area (Å²) in [5.74, 6) is 0.223. The first-order chi connectivity index (χ1) is 14.0. The number of halogens is 1. The number of imide groups is 1. The lowest BCUT2D eigenvalue weighted by Crippen LogP contribution is -2.32. The van der Waals surface area contributed by atoms with E-state index in [-0.39, 0.29) is 6.61 Å². The quantitative estimate of drug-likeness (QED) is 0.625. The van der Waals surface area contributed by atoms with Crippen molar-refractivity contribution in [2.45, 2.75) is 20.3 Å². The molecule has 5 nitrogen and oxygen atoms in total. The van der Waals surface area contributed by atoms with Crippen LogP contribution in [-0.2, 0) is 9.59 Å². The molecule has 0 radical (unpaired) electrons. The Morgan fingerprint density at radius 1 is 1.10 bits per heavy atom. The number of aliphatic hydroxyl groups excluding tert-OH is 1. The number of carbonyl (C=O) groups excluding carboxylic acids is 2. The Kier molecular flexibility index (Phi) is 7.00. The van der Waals surface area contributed by atoms with Crippen molar-refractivity contribution in [3.8, 4) is 5.75 Å². The standard InChI is InChI=1S/C22H22ClNO4S/c1-3-11-28-17-8-5-15(6-9-17)19-20(29-12-10-25)22(27)24(21(19)26)18-13-16(23)7-4-14(18)2/h4-9,13,25H,3,10-12H2,1-2H3. The van der Waals surface area contributed by atoms with E-state index in [1.54, 1.807) is 42.5 Å². The molecule has 1 N–H and O–H groups in total. The van der Waals surface area contributed by atoms with Gasteiger partial charge in [-0.3, -0.25) is 9.59 Å². The number of anilines is 1. The molecule has 1 aliphatic heterocycles. The molecular weight excluding hydrogens is 410 g/mol. The van der Waals surface area contributed by atoms with E-state index in [1.165, 1.54) is 11.8 Å². The third kappa shape index (κ3) is 4.50. The normalized spacial score (nSPS) is 14.1. The number of amides is 2. The maximum Gasteiger partial charge on any atom is 0.272 e. The first-order valence-electron chi connectivity index (χ1n) is 9.34. The number of nitrogens with zero attached hydrogens (tertiary/aromatic N) is 1. The number of hydrogen-bond acceptors (Lipinski definition) is 5. The third-order valence-corrected chi connectivity index (χ3v) is 5.70. The van der Waals surface area contributed by atoms with Crippen molar-refractivity contribution in [1.82, 2.24) is 0 Å². The van der Waals surface area contributed by atoms with Crippen molar-refractivity contribution in [3.63, 3.8) is 0 Å². The van der Waals surface area contributed by atoms with Crippen LogP contribution in [0.1, 0.15) is 24.5 Å². The molecule has 2 aromatic rings. The highest BCUT2D eigenvalue weighted by Crippen LogP contribution is 2.40. The maximum absolute atomic E-state index is 13.3. The van der Waals surface area contributed by atoms with Gasteiger partial charge in [-0.1, -0.05) is 36.7 Å². The van der Waals surface area contributed by atoms with Crippen molar-refractivity contribution in [2.75, 3.05) is 23.9 Å². The minimum Gasteiger partial charge on any atom is -0.494 e. The van der Waals surface area contributed by atoms with Crippen molar-refractivity contribution in [3.05, 3.63) is 63.5 Å². The predicted octanol–water partition coefficient (Wildman–Crippen LogP) is 4.45. The van der Waals surface area contributed by atoms with E-state index >= 15 is 0 Å². The van der Waals surface area contributed by atoms with E-state index in [9.17, 15) is 14.7 Å². The number of aliphatic hydroxyl groups is 1. The lowest BCUT2D eigenvalue weighted by Gasteiger charge is -2.18. The van der Waals surface area contributed by atoms with E-state index in [0.717, 1.165) is 16.9 Å². The zero-order valence-corrected chi connectivity index (χ0v) is 17.8. The predicted molar refractivity (Wildman–Crippen MR) is 117 cm³/mol. The van der Waals surface area contributed by atoms with Crippen LogP contribution in [0, 0.1) is 6.92 Å². The molecular formula is C22H22ClNO4S. The highest BCUT2D eigenvalue weighted by atomic mass is 35.5. The van der Waals surface area contributed by atoms with Crippen LogP contribution in [0.25, 0.3) is 5.57 Å². The Labute approximate surface area is 179 Å². The molecule has 3 rings (SSSR count). The van der Waals surface area contributed by atoms with Gasteiger partial charge in [-0.15, -0.1) is 11.8 Å². The molecule has 7 heteroatoms. The van der Waals surface area contributed by atoms with Gasteiger partial charge in [-0.05, 0) is 48.7 Å². The summed E-state index contributed by atoms with van der Waals surface area (Å²) in [6, 6.07) is 12.2. The maximum atomic E-state index is 13.3. The highest BCUT2D eigenvalue weighted by molar-refractivity contribution is 8.04. The fraction of sp³-hybridized carbons (Fsp3) is 0.273. The largest absolute Gasteiger partial charge is 0.494 e. The van der Waals surface area contributed by atoms with Crippen LogP contribution in [-0.4, -0.2) is 35.9 Å². The van der Waals surface area contributed by atoms with Gasteiger partial charge in [0.2, 0.25) is 0 Å². The van der Waals surface area contributed by atoms with Gasteiger partial charge in [-0.25, -0.2) is 4.90 Å². The van der Waals surface area contributed by atoms with E-state index in [0.29, 0.717) is 44.9 Å². The summed E-state index contributed by atoms with van der Waals surface area (Å²) >= 11 is 7.29. The summed E-state index contributed by atoms with van der Waals surface area (Å²) in [5, 5.41) is 9.68. The Bertz CT molecular complexity index is 956. The Balaban J connectivity index is 2.02. The van der Waals surface area contributed by atoms with Gasteiger partial charge in [0.1, 0.15) is 5.75 Å². The summed E-state index contributed by atoms with van der Waals surface area (Å²) in [4.78, 5) is 28.0. The number of aryl methyl sites for hydroxylation is 1. The number of ether oxygens (including phenoxy) is 1. The molecule has 0 spiro atoms. The molecule has 152 valence electrons. The van der Waals surface area contributed by atoms with E-state index in [1.807, 2.05) is 13.8 Å². The molecule has 1 heterocycles. The second-order valence-electron chi connectivity index (χ2n) is 6.53. The van der Waals surface area contributed by atoms with Crippen molar-refractivity contribution >= 4 is 46.4 Å². The molecule has 0 bridgehead atoms. The van der Waals surface area contributed by atoms with Crippen LogP contribution in [0.5, 0.6) is 5.75 Å². The number of benzene rings is 2. The topological polar surface area (TPSA) is 66.8 Å². The first kappa shape index (κ1) is 21.4. The molecule has 0 fully saturated rings. The van der Waals surface area contributed by atoms with Gasteiger partial charge in [-0.2, -0.15) is 0 Å². The van der Waals surface area contributed by atoms with Gasteiger partial charge >= 0.3 is 0 Å². The summed E-state index contributed by atoms with van der Waals surface area (Å²) in [5.41, 5.74) is 2.20. The second kappa shape index (κ2) is 9.48. The van der Waals surface area contributed by atoms with E-state index in [2.05, 4.69) is 0 Å². The minimum atomic E-state index is -0.403. The Morgan fingerprint density at radius 2 is 1.83 bits per heavy atom. The monoisotopic (exact) mass is 431 g/mol. The number of carbonyl (C=O) groups is 2. The Morgan fingerprint density at radius 3 is 2.48 bits per heavy atom. The molecule has 2 amide bonds. The molecule has 0 atom stereocenters. The summed E-state index contributed by atoms with van der Waals surface area (Å²) < 4.78 is 5.60. The molecule has 29 heavy (non-hydrogen) atoms. The van der Waals surface area contributed by atoms with Gasteiger partial charge in [0.25, 0.3) is 11.8 Å². The van der Waals surface area contributed by atoms with Crippen molar-refractivity contribution in [2.24, 2.45) is 0 Å². The van der Waals surface area contributed by atoms with Gasteiger partial charge in [0, 0.05) is 10.8 Å². The average Bonchev–Trinajstić information content (AvgIpc) is 2.96. The van der Waals surface area contributed by atoms with E-state index < -0.39 is 11.8 Å². The molecule has 0 aliphatic carbocycles. The number of rotatable bonds is 8. The lowest BCUT2D eigenvalue weighted by atomic mass is 10.1. The fourth-order valence-electron chi connectivity index (χ4n) is 3.03. The zero-order valence-electron chi connectivity index (χ0n) is 16.3. The SMILES string of the molecule is CCCOc1ccc(C2=C(SCCO)C(=O)N(c3cc(Cl)ccc3C)C2=O)cc1. The summed E-state index contributed by atoms with van der Waals surface area (Å²) in [6.45, 7) is 4.37. The molecule has 1 aliphatic rings. The van der Waals surface area contributed by atoms with E-state index in [4.69, 9.17) is 16.3 Å². The highest BCUT2D eigenvalue weighted by Gasteiger charge is 2.40. The van der Waals surface area contributed by atoms with Gasteiger partial charge < -0.3 is 9.84 Å². The Hall–Kier alpha value is -2.28. The first-order valence-corrected chi connectivity index (χ1v) is 10.7. The average molecular weight is 432 g/mol.